The predicted octanol–water partition coefficient (Wildman–Crippen LogP) is 3.89. The van der Waals surface area contributed by atoms with Crippen molar-refractivity contribution >= 4 is 27.4 Å². The van der Waals surface area contributed by atoms with Crippen LogP contribution >= 0.6 is 11.3 Å². The molecule has 6 heteroatoms. The Morgan fingerprint density at radius 2 is 2.43 bits per heavy atom. The van der Waals surface area contributed by atoms with E-state index >= 15 is 0 Å². The zero-order valence-corrected chi connectivity index (χ0v) is 13.8. The van der Waals surface area contributed by atoms with Gasteiger partial charge in [0.1, 0.15) is 5.75 Å². The minimum atomic E-state index is 0.322. The molecule has 1 aliphatic rings. The monoisotopic (exact) mass is 329 g/mol. The lowest BCUT2D eigenvalue weighted by atomic mass is 10.1. The van der Waals surface area contributed by atoms with Gasteiger partial charge in [0, 0.05) is 47.3 Å². The lowest BCUT2D eigenvalue weighted by molar-refractivity contribution is 0.120. The van der Waals surface area contributed by atoms with E-state index in [1.807, 2.05) is 18.3 Å². The summed E-state index contributed by atoms with van der Waals surface area (Å²) >= 11 is 1.63. The summed E-state index contributed by atoms with van der Waals surface area (Å²) in [5, 5.41) is 7.57. The number of anilines is 1. The second kappa shape index (κ2) is 6.22. The van der Waals surface area contributed by atoms with Gasteiger partial charge in [0.25, 0.3) is 0 Å². The number of aromatic amines is 1. The van der Waals surface area contributed by atoms with Crippen LogP contribution in [0.1, 0.15) is 12.8 Å². The summed E-state index contributed by atoms with van der Waals surface area (Å²) in [5.74, 6) is 0.850. The maximum atomic E-state index is 5.63. The van der Waals surface area contributed by atoms with E-state index in [0.717, 1.165) is 59.0 Å². The van der Waals surface area contributed by atoms with Gasteiger partial charge in [0.2, 0.25) is 0 Å². The highest BCUT2D eigenvalue weighted by Crippen LogP contribution is 2.32. The van der Waals surface area contributed by atoms with Crippen LogP contribution in [0, 0.1) is 0 Å². The van der Waals surface area contributed by atoms with E-state index in [1.165, 1.54) is 0 Å². The molecule has 1 unspecified atom stereocenters. The van der Waals surface area contributed by atoms with Gasteiger partial charge in [0.15, 0.2) is 5.13 Å². The average molecular weight is 329 g/mol. The van der Waals surface area contributed by atoms with E-state index in [9.17, 15) is 0 Å². The van der Waals surface area contributed by atoms with E-state index < -0.39 is 0 Å². The first-order valence-electron chi connectivity index (χ1n) is 7.80. The first kappa shape index (κ1) is 14.5. The van der Waals surface area contributed by atoms with Crippen molar-refractivity contribution in [1.82, 2.24) is 9.97 Å². The molecule has 3 heterocycles. The number of aromatic nitrogens is 2. The quantitative estimate of drug-likeness (QED) is 0.745. The molecular formula is C17H19N3O2S. The summed E-state index contributed by atoms with van der Waals surface area (Å²) in [6, 6.07) is 6.04. The first-order chi connectivity index (χ1) is 11.3. The molecule has 23 heavy (non-hydrogen) atoms. The smallest absolute Gasteiger partial charge is 0.183 e. The van der Waals surface area contributed by atoms with Crippen LogP contribution in [0.5, 0.6) is 5.75 Å². The van der Waals surface area contributed by atoms with Crippen LogP contribution in [0.3, 0.4) is 0 Å². The Morgan fingerprint density at radius 1 is 1.48 bits per heavy atom. The third-order valence-electron chi connectivity index (χ3n) is 4.17. The Morgan fingerprint density at radius 3 is 3.26 bits per heavy atom. The highest BCUT2D eigenvalue weighted by molar-refractivity contribution is 7.14. The molecule has 0 bridgehead atoms. The number of H-pyrrole nitrogens is 1. The number of hydrogen-bond acceptors (Lipinski definition) is 5. The van der Waals surface area contributed by atoms with E-state index in [2.05, 4.69) is 21.7 Å². The molecule has 0 saturated carbocycles. The van der Waals surface area contributed by atoms with Crippen molar-refractivity contribution in [2.75, 3.05) is 25.6 Å². The van der Waals surface area contributed by atoms with Gasteiger partial charge < -0.3 is 19.8 Å². The molecule has 1 fully saturated rings. The maximum absolute atomic E-state index is 5.63. The van der Waals surface area contributed by atoms with Crippen molar-refractivity contribution in [3.8, 4) is 17.0 Å². The molecule has 1 aromatic carbocycles. The molecule has 3 aromatic rings. The summed E-state index contributed by atoms with van der Waals surface area (Å²) < 4.78 is 10.9. The fraction of sp³-hybridized carbons (Fsp3) is 0.353. The van der Waals surface area contributed by atoms with Gasteiger partial charge in [0.05, 0.1) is 18.9 Å². The number of nitrogens with one attached hydrogen (secondary N) is 2. The van der Waals surface area contributed by atoms with E-state index in [1.54, 1.807) is 18.4 Å². The fourth-order valence-corrected chi connectivity index (χ4v) is 3.65. The second-order valence-corrected chi connectivity index (χ2v) is 6.53. The molecule has 0 radical (unpaired) electrons. The van der Waals surface area contributed by atoms with Gasteiger partial charge in [-0.2, -0.15) is 0 Å². The number of hydrogen-bond donors (Lipinski definition) is 2. The third kappa shape index (κ3) is 2.92. The Labute approximate surface area is 138 Å². The Hall–Kier alpha value is -2.05. The highest BCUT2D eigenvalue weighted by atomic mass is 32.1. The number of rotatable bonds is 5. The van der Waals surface area contributed by atoms with Gasteiger partial charge in [-0.05, 0) is 25.0 Å². The molecule has 1 saturated heterocycles. The summed E-state index contributed by atoms with van der Waals surface area (Å²) in [4.78, 5) is 8.00. The summed E-state index contributed by atoms with van der Waals surface area (Å²) in [5.41, 5.74) is 3.16. The average Bonchev–Trinajstić information content (AvgIpc) is 3.31. The Bertz CT molecular complexity index is 805. The lowest BCUT2D eigenvalue weighted by Gasteiger charge is -2.09. The molecule has 1 aliphatic heterocycles. The largest absolute Gasteiger partial charge is 0.497 e. The molecular weight excluding hydrogens is 310 g/mol. The van der Waals surface area contributed by atoms with Crippen LogP contribution in [0.25, 0.3) is 22.2 Å². The van der Waals surface area contributed by atoms with E-state index in [0.29, 0.717) is 6.10 Å². The highest BCUT2D eigenvalue weighted by Gasteiger charge is 2.16. The van der Waals surface area contributed by atoms with Crippen LogP contribution in [-0.2, 0) is 4.74 Å². The van der Waals surface area contributed by atoms with Crippen LogP contribution in [-0.4, -0.2) is 36.3 Å². The van der Waals surface area contributed by atoms with Crippen LogP contribution < -0.4 is 10.1 Å². The molecule has 4 rings (SSSR count). The van der Waals surface area contributed by atoms with Gasteiger partial charge >= 0.3 is 0 Å². The topological polar surface area (TPSA) is 59.2 Å². The summed E-state index contributed by atoms with van der Waals surface area (Å²) in [7, 11) is 1.68. The van der Waals surface area contributed by atoms with Crippen LogP contribution in [0.15, 0.2) is 29.8 Å². The van der Waals surface area contributed by atoms with Crippen molar-refractivity contribution in [1.29, 1.82) is 0 Å². The first-order valence-corrected chi connectivity index (χ1v) is 8.68. The molecule has 1 atom stereocenters. The van der Waals surface area contributed by atoms with Gasteiger partial charge in [-0.15, -0.1) is 11.3 Å². The maximum Gasteiger partial charge on any atom is 0.183 e. The normalized spacial score (nSPS) is 17.7. The van der Waals surface area contributed by atoms with E-state index in [4.69, 9.17) is 14.5 Å². The number of benzene rings is 1. The molecule has 120 valence electrons. The van der Waals surface area contributed by atoms with E-state index in [-0.39, 0.29) is 0 Å². The molecule has 2 N–H and O–H groups in total. The number of nitrogens with zero attached hydrogens (tertiary/aromatic N) is 1. The predicted molar refractivity (Wildman–Crippen MR) is 93.4 cm³/mol. The third-order valence-corrected chi connectivity index (χ3v) is 4.97. The lowest BCUT2D eigenvalue weighted by Crippen LogP contribution is -2.18. The number of thiazole rings is 1. The number of ether oxygens (including phenoxy) is 2. The standard InChI is InChI=1S/C17H19N3O2S/c1-21-11-4-5-13-14(9-18-15(13)7-11)16-10-23-17(20-16)19-8-12-3-2-6-22-12/h4-5,7,9-10,12,18H,2-3,6,8H2,1H3,(H,19,20). The summed E-state index contributed by atoms with van der Waals surface area (Å²) in [6.45, 7) is 1.71. The fourth-order valence-electron chi connectivity index (χ4n) is 2.93. The molecule has 2 aromatic heterocycles. The van der Waals surface area contributed by atoms with Gasteiger partial charge in [-0.3, -0.25) is 0 Å². The van der Waals surface area contributed by atoms with Crippen LogP contribution in [0.4, 0.5) is 5.13 Å². The van der Waals surface area contributed by atoms with Crippen molar-refractivity contribution in [2.24, 2.45) is 0 Å². The number of fused-ring (bicyclic) bond motifs is 1. The Balaban J connectivity index is 1.54. The van der Waals surface area contributed by atoms with Crippen LogP contribution in [0.2, 0.25) is 0 Å². The van der Waals surface area contributed by atoms with Crippen molar-refractivity contribution < 1.29 is 9.47 Å². The second-order valence-electron chi connectivity index (χ2n) is 5.67. The molecule has 0 aliphatic carbocycles. The number of methoxy groups -OCH3 is 1. The minimum absolute atomic E-state index is 0.322. The molecule has 5 nitrogen and oxygen atoms in total. The SMILES string of the molecule is COc1ccc2c(-c3csc(NCC4CCCO4)n3)c[nH]c2c1. The van der Waals surface area contributed by atoms with Gasteiger partial charge in [-0.25, -0.2) is 4.98 Å². The van der Waals surface area contributed by atoms with Crippen molar-refractivity contribution in [3.05, 3.63) is 29.8 Å². The molecule has 0 spiro atoms. The molecule has 0 amide bonds. The summed E-state index contributed by atoms with van der Waals surface area (Å²) in [6.07, 6.45) is 4.62. The zero-order valence-electron chi connectivity index (χ0n) is 13.0. The minimum Gasteiger partial charge on any atom is -0.497 e. The van der Waals surface area contributed by atoms with Crippen molar-refractivity contribution in [3.63, 3.8) is 0 Å². The Kier molecular flexibility index (Phi) is 3.93. The van der Waals surface area contributed by atoms with Gasteiger partial charge in [-0.1, -0.05) is 0 Å². The zero-order chi connectivity index (χ0) is 15.6. The van der Waals surface area contributed by atoms with Crippen molar-refractivity contribution in [2.45, 2.75) is 18.9 Å².